The molecule has 2 aliphatic heterocycles. The maximum Gasteiger partial charge on any atom is 0.162 e. The molecule has 2 unspecified atom stereocenters. The summed E-state index contributed by atoms with van der Waals surface area (Å²) in [7, 11) is 1.62. The van der Waals surface area contributed by atoms with Crippen LogP contribution >= 0.6 is 11.6 Å². The molecule has 0 saturated carbocycles. The number of halogens is 2. The highest BCUT2D eigenvalue weighted by Gasteiger charge is 2.36. The number of nitrogens with one attached hydrogen (secondary N) is 2. The summed E-state index contributed by atoms with van der Waals surface area (Å²) < 4.78 is 25.2. The minimum Gasteiger partial charge on any atom is -0.493 e. The van der Waals surface area contributed by atoms with E-state index >= 15 is 0 Å². The first-order valence-electron chi connectivity index (χ1n) is 11.3. The maximum absolute atomic E-state index is 13.5. The first-order chi connectivity index (χ1) is 16.1. The van der Waals surface area contributed by atoms with Crippen molar-refractivity contribution in [3.8, 4) is 11.5 Å². The Morgan fingerprint density at radius 1 is 1.21 bits per heavy atom. The van der Waals surface area contributed by atoms with Crippen molar-refractivity contribution in [2.24, 2.45) is 0 Å². The normalized spacial score (nSPS) is 20.2. The minimum atomic E-state index is -0.469. The summed E-state index contributed by atoms with van der Waals surface area (Å²) >= 11 is 5.92. The van der Waals surface area contributed by atoms with Crippen molar-refractivity contribution in [2.45, 2.75) is 31.3 Å². The lowest BCUT2D eigenvalue weighted by atomic mass is 10.1. The lowest BCUT2D eigenvalue weighted by molar-refractivity contribution is 0.218. The minimum absolute atomic E-state index is 0.0433. The summed E-state index contributed by atoms with van der Waals surface area (Å²) in [4.78, 5) is 11.3. The zero-order valence-corrected chi connectivity index (χ0v) is 19.2. The molecule has 1 aromatic heterocycles. The Hall–Kier alpha value is -2.68. The van der Waals surface area contributed by atoms with Crippen molar-refractivity contribution in [3.63, 3.8) is 0 Å². The smallest absolute Gasteiger partial charge is 0.162 e. The lowest BCUT2D eigenvalue weighted by Gasteiger charge is -2.23. The molecule has 0 spiro atoms. The first kappa shape index (κ1) is 22.1. The van der Waals surface area contributed by atoms with Gasteiger partial charge in [-0.2, -0.15) is 0 Å². The number of benzene rings is 2. The van der Waals surface area contributed by atoms with Gasteiger partial charge in [0.05, 0.1) is 24.3 Å². The molecule has 5 rings (SSSR count). The number of aromatic nitrogens is 2. The predicted octanol–water partition coefficient (Wildman–Crippen LogP) is 4.38. The molecule has 3 heterocycles. The second-order valence-corrected chi connectivity index (χ2v) is 8.85. The zero-order chi connectivity index (χ0) is 22.8. The van der Waals surface area contributed by atoms with Gasteiger partial charge in [0, 0.05) is 42.3 Å². The van der Waals surface area contributed by atoms with Crippen LogP contribution in [0.25, 0.3) is 10.9 Å². The van der Waals surface area contributed by atoms with Crippen LogP contribution in [0.1, 0.15) is 19.3 Å². The van der Waals surface area contributed by atoms with Crippen LogP contribution in [0.3, 0.4) is 0 Å². The predicted molar refractivity (Wildman–Crippen MR) is 127 cm³/mol. The third-order valence-corrected chi connectivity index (χ3v) is 6.75. The number of anilines is 2. The highest BCUT2D eigenvalue weighted by Crippen LogP contribution is 2.35. The molecule has 7 nitrogen and oxygen atoms in total. The number of likely N-dealkylation sites (tertiary alicyclic amines) is 1. The average molecular weight is 472 g/mol. The molecule has 0 amide bonds. The van der Waals surface area contributed by atoms with Gasteiger partial charge in [0.1, 0.15) is 18.0 Å². The number of fused-ring (bicyclic) bond motifs is 2. The number of hydrogen-bond acceptors (Lipinski definition) is 7. The monoisotopic (exact) mass is 471 g/mol. The van der Waals surface area contributed by atoms with Gasteiger partial charge in [0.25, 0.3) is 0 Å². The van der Waals surface area contributed by atoms with Gasteiger partial charge >= 0.3 is 0 Å². The Kier molecular flexibility index (Phi) is 6.48. The van der Waals surface area contributed by atoms with Crippen molar-refractivity contribution in [1.82, 2.24) is 20.2 Å². The van der Waals surface area contributed by atoms with Crippen molar-refractivity contribution in [3.05, 3.63) is 47.5 Å². The Morgan fingerprint density at radius 2 is 2.12 bits per heavy atom. The fourth-order valence-electron chi connectivity index (χ4n) is 4.83. The van der Waals surface area contributed by atoms with E-state index in [4.69, 9.17) is 21.1 Å². The van der Waals surface area contributed by atoms with E-state index in [1.807, 2.05) is 12.1 Å². The molecule has 3 aromatic rings. The van der Waals surface area contributed by atoms with Crippen LogP contribution in [0.5, 0.6) is 11.5 Å². The number of nitrogens with zero attached hydrogens (tertiary/aromatic N) is 3. The highest BCUT2D eigenvalue weighted by atomic mass is 35.5. The highest BCUT2D eigenvalue weighted by molar-refractivity contribution is 6.31. The van der Waals surface area contributed by atoms with Crippen LogP contribution < -0.4 is 20.1 Å². The van der Waals surface area contributed by atoms with Gasteiger partial charge in [0.2, 0.25) is 0 Å². The van der Waals surface area contributed by atoms with Crippen LogP contribution in [-0.4, -0.2) is 60.3 Å². The van der Waals surface area contributed by atoms with E-state index in [0.717, 1.165) is 31.4 Å². The molecular formula is C24H27ClFN5O2. The SMILES string of the molecule is COc1cc2ncnc(Nc3ccc(F)c(Cl)c3)c2cc1OCCCN1CCC2NCCC21. The summed E-state index contributed by atoms with van der Waals surface area (Å²) in [5.74, 6) is 1.37. The Bertz CT molecular complexity index is 1150. The fourth-order valence-corrected chi connectivity index (χ4v) is 5.01. The van der Waals surface area contributed by atoms with E-state index in [-0.39, 0.29) is 5.02 Å². The largest absolute Gasteiger partial charge is 0.493 e. The number of ether oxygens (including phenoxy) is 2. The average Bonchev–Trinajstić information content (AvgIpc) is 3.44. The summed E-state index contributed by atoms with van der Waals surface area (Å²) in [5.41, 5.74) is 1.34. The molecule has 0 bridgehead atoms. The van der Waals surface area contributed by atoms with Crippen LogP contribution in [0, 0.1) is 5.82 Å². The molecule has 2 fully saturated rings. The van der Waals surface area contributed by atoms with E-state index in [1.54, 1.807) is 13.2 Å². The maximum atomic E-state index is 13.5. The van der Waals surface area contributed by atoms with Crippen molar-refractivity contribution < 1.29 is 13.9 Å². The topological polar surface area (TPSA) is 71.5 Å². The van der Waals surface area contributed by atoms with Gasteiger partial charge in [-0.3, -0.25) is 4.90 Å². The van der Waals surface area contributed by atoms with E-state index in [1.165, 1.54) is 31.3 Å². The Balaban J connectivity index is 1.30. The molecule has 33 heavy (non-hydrogen) atoms. The summed E-state index contributed by atoms with van der Waals surface area (Å²) in [6.45, 7) is 3.90. The first-order valence-corrected chi connectivity index (χ1v) is 11.7. The van der Waals surface area contributed by atoms with Gasteiger partial charge in [-0.1, -0.05) is 11.6 Å². The third kappa shape index (κ3) is 4.69. The molecule has 2 N–H and O–H groups in total. The van der Waals surface area contributed by atoms with Gasteiger partial charge in [-0.05, 0) is 50.1 Å². The van der Waals surface area contributed by atoms with Gasteiger partial charge in [0.15, 0.2) is 11.5 Å². The van der Waals surface area contributed by atoms with Crippen LogP contribution in [0.15, 0.2) is 36.7 Å². The van der Waals surface area contributed by atoms with Crippen molar-refractivity contribution in [1.29, 1.82) is 0 Å². The molecule has 2 aromatic carbocycles. The second kappa shape index (κ2) is 9.67. The molecular weight excluding hydrogens is 445 g/mol. The van der Waals surface area contributed by atoms with E-state index in [0.29, 0.717) is 47.2 Å². The van der Waals surface area contributed by atoms with Gasteiger partial charge < -0.3 is 20.1 Å². The van der Waals surface area contributed by atoms with E-state index in [2.05, 4.69) is 25.5 Å². The molecule has 9 heteroatoms. The molecule has 2 saturated heterocycles. The number of methoxy groups -OCH3 is 1. The Labute approximate surface area is 197 Å². The molecule has 0 radical (unpaired) electrons. The van der Waals surface area contributed by atoms with Crippen LogP contribution in [0.4, 0.5) is 15.9 Å². The lowest BCUT2D eigenvalue weighted by Crippen LogP contribution is -2.35. The van der Waals surface area contributed by atoms with Gasteiger partial charge in [-0.15, -0.1) is 0 Å². The number of hydrogen-bond donors (Lipinski definition) is 2. The summed E-state index contributed by atoms with van der Waals surface area (Å²) in [6, 6.07) is 9.50. The second-order valence-electron chi connectivity index (χ2n) is 8.44. The summed E-state index contributed by atoms with van der Waals surface area (Å²) in [5, 5.41) is 7.60. The molecule has 174 valence electrons. The molecule has 2 aliphatic rings. The quantitative estimate of drug-likeness (QED) is 0.472. The van der Waals surface area contributed by atoms with Crippen molar-refractivity contribution >= 4 is 34.0 Å². The van der Waals surface area contributed by atoms with E-state index in [9.17, 15) is 4.39 Å². The van der Waals surface area contributed by atoms with E-state index < -0.39 is 5.82 Å². The molecule has 0 aliphatic carbocycles. The Morgan fingerprint density at radius 3 is 2.97 bits per heavy atom. The fraction of sp³-hybridized carbons (Fsp3) is 0.417. The number of rotatable bonds is 8. The zero-order valence-electron chi connectivity index (χ0n) is 18.5. The summed E-state index contributed by atoms with van der Waals surface area (Å²) in [6.07, 6.45) is 4.88. The van der Waals surface area contributed by atoms with Crippen molar-refractivity contribution in [2.75, 3.05) is 38.7 Å². The third-order valence-electron chi connectivity index (χ3n) is 6.46. The van der Waals surface area contributed by atoms with Gasteiger partial charge in [-0.25, -0.2) is 14.4 Å². The molecule has 2 atom stereocenters. The van der Waals surface area contributed by atoms with Crippen LogP contribution in [0.2, 0.25) is 5.02 Å². The standard InChI is InChI=1S/C24H27ClFN5O2/c1-32-22-13-20-16(24(29-14-28-20)30-15-3-4-18(26)17(25)11-15)12-23(22)33-10-2-8-31-9-6-19-21(31)5-7-27-19/h3-4,11-14,19,21,27H,2,5-10H2,1H3,(H,28,29,30). The van der Waals surface area contributed by atoms with Crippen LogP contribution in [-0.2, 0) is 0 Å².